The van der Waals surface area contributed by atoms with Gasteiger partial charge < -0.3 is 14.8 Å². The summed E-state index contributed by atoms with van der Waals surface area (Å²) in [7, 11) is 1.52. The Labute approximate surface area is 114 Å². The summed E-state index contributed by atoms with van der Waals surface area (Å²) in [4.78, 5) is 4.11. The Morgan fingerprint density at radius 1 is 1.50 bits per heavy atom. The summed E-state index contributed by atoms with van der Waals surface area (Å²) in [6, 6.07) is 2.12. The van der Waals surface area contributed by atoms with Crippen molar-refractivity contribution in [3.63, 3.8) is 0 Å². The first-order valence-electron chi connectivity index (χ1n) is 5.76. The van der Waals surface area contributed by atoms with Crippen molar-refractivity contribution in [2.45, 2.75) is 18.9 Å². The van der Waals surface area contributed by atoms with Crippen LogP contribution in [0.5, 0.6) is 11.6 Å². The third-order valence-corrected chi connectivity index (χ3v) is 3.43. The van der Waals surface area contributed by atoms with Gasteiger partial charge >= 0.3 is 0 Å². The van der Waals surface area contributed by atoms with Crippen LogP contribution in [0.1, 0.15) is 18.4 Å². The number of piperidine rings is 1. The highest BCUT2D eigenvalue weighted by molar-refractivity contribution is 9.10. The normalized spacial score (nSPS) is 16.1. The highest BCUT2D eigenvalue weighted by Gasteiger charge is 2.21. The Morgan fingerprint density at radius 2 is 2.22 bits per heavy atom. The van der Waals surface area contributed by atoms with Crippen LogP contribution >= 0.6 is 15.9 Å². The lowest BCUT2D eigenvalue weighted by atomic mass is 10.1. The molecule has 1 aromatic rings. The van der Waals surface area contributed by atoms with E-state index in [4.69, 9.17) is 9.47 Å². The molecule has 0 unspecified atom stereocenters. The van der Waals surface area contributed by atoms with Crippen molar-refractivity contribution in [3.05, 3.63) is 16.2 Å². The van der Waals surface area contributed by atoms with Gasteiger partial charge in [0.15, 0.2) is 0 Å². The van der Waals surface area contributed by atoms with Crippen LogP contribution in [0.15, 0.2) is 10.7 Å². The second kappa shape index (κ2) is 6.03. The fraction of sp³-hybridized carbons (Fsp3) is 0.500. The molecule has 5 nitrogen and oxygen atoms in total. The molecule has 1 saturated heterocycles. The Morgan fingerprint density at radius 3 is 2.83 bits per heavy atom. The van der Waals surface area contributed by atoms with Crippen LogP contribution in [0, 0.1) is 11.3 Å². The van der Waals surface area contributed by atoms with E-state index in [1.807, 2.05) is 0 Å². The van der Waals surface area contributed by atoms with Crippen molar-refractivity contribution in [2.24, 2.45) is 0 Å². The quantitative estimate of drug-likeness (QED) is 0.923. The van der Waals surface area contributed by atoms with Gasteiger partial charge in [0.25, 0.3) is 5.88 Å². The van der Waals surface area contributed by atoms with Gasteiger partial charge in [0.1, 0.15) is 17.7 Å². The third kappa shape index (κ3) is 2.74. The van der Waals surface area contributed by atoms with Crippen LogP contribution < -0.4 is 14.8 Å². The van der Waals surface area contributed by atoms with E-state index >= 15 is 0 Å². The van der Waals surface area contributed by atoms with Gasteiger partial charge in [-0.1, -0.05) is 0 Å². The molecular weight excluding hydrogens is 298 g/mol. The molecule has 6 heteroatoms. The average Bonchev–Trinajstić information content (AvgIpc) is 2.40. The van der Waals surface area contributed by atoms with E-state index in [0.717, 1.165) is 25.9 Å². The highest BCUT2D eigenvalue weighted by Crippen LogP contribution is 2.34. The second-order valence-electron chi connectivity index (χ2n) is 4.00. The first kappa shape index (κ1) is 13.1. The number of nitrogens with zero attached hydrogens (tertiary/aromatic N) is 2. The topological polar surface area (TPSA) is 67.2 Å². The first-order valence-corrected chi connectivity index (χ1v) is 6.55. The Hall–Kier alpha value is -1.32. The maximum Gasteiger partial charge on any atom is 0.258 e. The number of aromatic nitrogens is 1. The van der Waals surface area contributed by atoms with Gasteiger partial charge in [0.2, 0.25) is 5.75 Å². The molecule has 96 valence electrons. The summed E-state index contributed by atoms with van der Waals surface area (Å²) in [5.41, 5.74) is 0.431. The average molecular weight is 312 g/mol. The van der Waals surface area contributed by atoms with E-state index < -0.39 is 0 Å². The van der Waals surface area contributed by atoms with Crippen molar-refractivity contribution in [2.75, 3.05) is 20.2 Å². The molecule has 2 rings (SSSR count). The second-order valence-corrected chi connectivity index (χ2v) is 4.85. The van der Waals surface area contributed by atoms with Crippen LogP contribution in [0.25, 0.3) is 0 Å². The first-order chi connectivity index (χ1) is 8.76. The molecule has 1 aliphatic heterocycles. The van der Waals surface area contributed by atoms with Crippen molar-refractivity contribution < 1.29 is 9.47 Å². The highest BCUT2D eigenvalue weighted by atomic mass is 79.9. The van der Waals surface area contributed by atoms with Crippen molar-refractivity contribution in [1.82, 2.24) is 10.3 Å². The van der Waals surface area contributed by atoms with Crippen molar-refractivity contribution >= 4 is 15.9 Å². The monoisotopic (exact) mass is 311 g/mol. The Kier molecular flexibility index (Phi) is 4.39. The molecule has 0 atom stereocenters. The van der Waals surface area contributed by atoms with Crippen LogP contribution in [-0.2, 0) is 0 Å². The molecule has 0 aromatic carbocycles. The molecule has 0 saturated carbocycles. The number of methoxy groups -OCH3 is 1. The van der Waals surface area contributed by atoms with Crippen LogP contribution in [-0.4, -0.2) is 31.3 Å². The summed E-state index contributed by atoms with van der Waals surface area (Å²) in [5.74, 6) is 0.787. The largest absolute Gasteiger partial charge is 0.483 e. The van der Waals surface area contributed by atoms with Gasteiger partial charge in [0.05, 0.1) is 11.6 Å². The lowest BCUT2D eigenvalue weighted by molar-refractivity contribution is 0.154. The standard InChI is InChI=1S/C12H14BrN3O2/c1-17-12-11(9(6-14)10(13)7-16-12)18-8-2-4-15-5-3-8/h7-8,15H,2-5H2,1H3. The van der Waals surface area contributed by atoms with Gasteiger partial charge in [-0.2, -0.15) is 5.26 Å². The molecular formula is C12H14BrN3O2. The number of hydrogen-bond donors (Lipinski definition) is 1. The van der Waals surface area contributed by atoms with Gasteiger partial charge in [-0.3, -0.25) is 0 Å². The fourth-order valence-electron chi connectivity index (χ4n) is 1.89. The number of nitriles is 1. The molecule has 1 N–H and O–H groups in total. The number of hydrogen-bond acceptors (Lipinski definition) is 5. The van der Waals surface area contributed by atoms with Crippen molar-refractivity contribution in [1.29, 1.82) is 5.26 Å². The lowest BCUT2D eigenvalue weighted by Gasteiger charge is -2.24. The predicted octanol–water partition coefficient (Wildman–Crippen LogP) is 1.86. The van der Waals surface area contributed by atoms with Gasteiger partial charge in [-0.25, -0.2) is 4.98 Å². The minimum atomic E-state index is 0.100. The molecule has 1 aliphatic rings. The molecule has 0 amide bonds. The Balaban J connectivity index is 2.29. The van der Waals surface area contributed by atoms with E-state index in [1.54, 1.807) is 6.20 Å². The van der Waals surface area contributed by atoms with E-state index in [0.29, 0.717) is 21.7 Å². The summed E-state index contributed by atoms with van der Waals surface area (Å²) < 4.78 is 11.7. The number of pyridine rings is 1. The van der Waals surface area contributed by atoms with Gasteiger partial charge in [0, 0.05) is 6.20 Å². The van der Waals surface area contributed by atoms with E-state index in [1.165, 1.54) is 7.11 Å². The summed E-state index contributed by atoms with van der Waals surface area (Å²) >= 11 is 3.30. The molecule has 1 aromatic heterocycles. The third-order valence-electron chi connectivity index (χ3n) is 2.83. The van der Waals surface area contributed by atoms with Crippen LogP contribution in [0.4, 0.5) is 0 Å². The molecule has 0 aliphatic carbocycles. The zero-order valence-corrected chi connectivity index (χ0v) is 11.7. The number of rotatable bonds is 3. The van der Waals surface area contributed by atoms with E-state index in [9.17, 15) is 5.26 Å². The maximum absolute atomic E-state index is 9.19. The number of nitrogens with one attached hydrogen (secondary N) is 1. The summed E-state index contributed by atoms with van der Waals surface area (Å²) in [5, 5.41) is 12.5. The maximum atomic E-state index is 9.19. The summed E-state index contributed by atoms with van der Waals surface area (Å²) in [6.45, 7) is 1.85. The number of halogens is 1. The SMILES string of the molecule is COc1ncc(Br)c(C#N)c1OC1CCNCC1. The molecule has 1 fully saturated rings. The zero-order valence-electron chi connectivity index (χ0n) is 10.1. The predicted molar refractivity (Wildman–Crippen MR) is 69.7 cm³/mol. The zero-order chi connectivity index (χ0) is 13.0. The minimum Gasteiger partial charge on any atom is -0.483 e. The van der Waals surface area contributed by atoms with Gasteiger partial charge in [-0.05, 0) is 41.9 Å². The molecule has 18 heavy (non-hydrogen) atoms. The fourth-order valence-corrected chi connectivity index (χ4v) is 2.26. The minimum absolute atomic E-state index is 0.100. The molecule has 2 heterocycles. The van der Waals surface area contributed by atoms with Crippen LogP contribution in [0.2, 0.25) is 0 Å². The van der Waals surface area contributed by atoms with Crippen LogP contribution in [0.3, 0.4) is 0 Å². The molecule has 0 bridgehead atoms. The van der Waals surface area contributed by atoms with Gasteiger partial charge in [-0.15, -0.1) is 0 Å². The summed E-state index contributed by atoms with van der Waals surface area (Å²) in [6.07, 6.45) is 3.48. The molecule has 0 spiro atoms. The molecule has 0 radical (unpaired) electrons. The smallest absolute Gasteiger partial charge is 0.258 e. The van der Waals surface area contributed by atoms with E-state index in [2.05, 4.69) is 32.3 Å². The lowest BCUT2D eigenvalue weighted by Crippen LogP contribution is -2.34. The van der Waals surface area contributed by atoms with E-state index in [-0.39, 0.29) is 6.10 Å². The van der Waals surface area contributed by atoms with Crippen molar-refractivity contribution in [3.8, 4) is 17.7 Å². The number of ether oxygens (including phenoxy) is 2. The Bertz CT molecular complexity index is 467.